The molecule has 6 heteroatoms. The molecule has 0 unspecified atom stereocenters. The van der Waals surface area contributed by atoms with Gasteiger partial charge in [-0.1, -0.05) is 79.2 Å². The molecule has 0 amide bonds. The molecule has 37 heavy (non-hydrogen) atoms. The zero-order valence-corrected chi connectivity index (χ0v) is 21.3. The summed E-state index contributed by atoms with van der Waals surface area (Å²) in [7, 11) is 0. The summed E-state index contributed by atoms with van der Waals surface area (Å²) in [6, 6.07) is 22.6. The number of H-pyrrole nitrogens is 1. The number of halogens is 1. The second-order valence-electron chi connectivity index (χ2n) is 8.68. The Morgan fingerprint density at radius 2 is 1.81 bits per heavy atom. The van der Waals surface area contributed by atoms with Gasteiger partial charge in [-0.3, -0.25) is 9.59 Å². The van der Waals surface area contributed by atoms with Gasteiger partial charge in [0.15, 0.2) is 5.78 Å². The Morgan fingerprint density at radius 3 is 2.51 bits per heavy atom. The number of rotatable bonds is 10. The van der Waals surface area contributed by atoms with Crippen molar-refractivity contribution >= 4 is 46.2 Å². The number of hydrogen-bond acceptors (Lipinski definition) is 4. The van der Waals surface area contributed by atoms with Gasteiger partial charge in [-0.05, 0) is 59.4 Å². The molecule has 0 aliphatic heterocycles. The topological polar surface area (TPSA) is 85.8 Å². The average Bonchev–Trinajstić information content (AvgIpc) is 2.91. The van der Waals surface area contributed by atoms with Crippen molar-refractivity contribution in [2.24, 2.45) is 0 Å². The third-order valence-electron chi connectivity index (χ3n) is 6.03. The van der Waals surface area contributed by atoms with Crippen molar-refractivity contribution in [3.63, 3.8) is 0 Å². The highest BCUT2D eigenvalue weighted by Gasteiger charge is 2.18. The minimum Gasteiger partial charge on any atom is -0.390 e. The first-order valence-corrected chi connectivity index (χ1v) is 12.5. The molecule has 3 N–H and O–H groups in total. The third kappa shape index (κ3) is 6.32. The van der Waals surface area contributed by atoms with Gasteiger partial charge in [0.05, 0.1) is 5.56 Å². The van der Waals surface area contributed by atoms with E-state index in [9.17, 15) is 9.59 Å². The molecular formula is C31H28ClN3O2. The first kappa shape index (κ1) is 25.9. The molecule has 0 spiro atoms. The Bertz CT molecular complexity index is 1540. The van der Waals surface area contributed by atoms with Crippen LogP contribution in [0.2, 0.25) is 5.02 Å². The van der Waals surface area contributed by atoms with Gasteiger partial charge >= 0.3 is 0 Å². The number of allylic oxidation sites excluding steroid dienone is 2. The molecule has 186 valence electrons. The summed E-state index contributed by atoms with van der Waals surface area (Å²) >= 11 is 6.27. The van der Waals surface area contributed by atoms with E-state index in [1.165, 1.54) is 12.3 Å². The molecule has 0 bridgehead atoms. The molecule has 3 aromatic carbocycles. The quantitative estimate of drug-likeness (QED) is 0.0966. The molecule has 0 aliphatic rings. The van der Waals surface area contributed by atoms with E-state index in [4.69, 9.17) is 17.0 Å². The molecular weight excluding hydrogens is 482 g/mol. The number of aromatic nitrogens is 1. The Morgan fingerprint density at radius 1 is 1.05 bits per heavy atom. The van der Waals surface area contributed by atoms with E-state index in [1.54, 1.807) is 24.3 Å². The molecule has 0 fully saturated rings. The molecule has 4 aromatic rings. The van der Waals surface area contributed by atoms with E-state index >= 15 is 0 Å². The predicted molar refractivity (Wildman–Crippen MR) is 154 cm³/mol. The van der Waals surface area contributed by atoms with E-state index < -0.39 is 5.56 Å². The third-order valence-corrected chi connectivity index (χ3v) is 6.27. The number of carbonyl (C=O) groups is 1. The highest BCUT2D eigenvalue weighted by atomic mass is 35.5. The van der Waals surface area contributed by atoms with Crippen LogP contribution in [0.1, 0.15) is 46.0 Å². The standard InChI is InChI=1S/C31H28ClN3O2/c1-2-16-34-20-24(19-33)23-11-8-21(9-12-23)10-15-29(36)30-27(17-22-6-4-3-5-7-22)26-18-25(32)13-14-28(26)35-31(30)37/h3-15,18-20,33-34H,2,16-17H2,1H3,(H,35,37)/b15-10+,24-20+,33-19?. The Hall–Kier alpha value is -4.22. The van der Waals surface area contributed by atoms with Crippen LogP contribution in [0.4, 0.5) is 0 Å². The minimum absolute atomic E-state index is 0.113. The van der Waals surface area contributed by atoms with Crippen molar-refractivity contribution in [3.8, 4) is 0 Å². The van der Waals surface area contributed by atoms with E-state index in [0.29, 0.717) is 22.5 Å². The van der Waals surface area contributed by atoms with Crippen molar-refractivity contribution in [2.75, 3.05) is 6.54 Å². The summed E-state index contributed by atoms with van der Waals surface area (Å²) in [5.41, 5.74) is 4.45. The van der Waals surface area contributed by atoms with Gasteiger partial charge in [-0.25, -0.2) is 0 Å². The second kappa shape index (κ2) is 12.2. The number of carbonyl (C=O) groups excluding carboxylic acids is 1. The van der Waals surface area contributed by atoms with Crippen LogP contribution in [0.15, 0.2) is 89.9 Å². The van der Waals surface area contributed by atoms with Gasteiger partial charge < -0.3 is 15.7 Å². The highest BCUT2D eigenvalue weighted by Crippen LogP contribution is 2.25. The van der Waals surface area contributed by atoms with Gasteiger partial charge in [-0.15, -0.1) is 0 Å². The fourth-order valence-electron chi connectivity index (χ4n) is 4.15. The SMILES string of the molecule is CCCN/C=C(\C=N)c1ccc(/C=C/C(=O)c2c(Cc3ccccc3)c3cc(Cl)ccc3[nH]c2=O)cc1. The molecule has 5 nitrogen and oxygen atoms in total. The lowest BCUT2D eigenvalue weighted by atomic mass is 9.94. The molecule has 0 atom stereocenters. The zero-order valence-electron chi connectivity index (χ0n) is 20.6. The second-order valence-corrected chi connectivity index (χ2v) is 9.11. The van der Waals surface area contributed by atoms with Crippen LogP contribution in [0.5, 0.6) is 0 Å². The lowest BCUT2D eigenvalue weighted by molar-refractivity contribution is 0.104. The van der Waals surface area contributed by atoms with Crippen molar-refractivity contribution in [2.45, 2.75) is 19.8 Å². The number of nitrogens with one attached hydrogen (secondary N) is 3. The summed E-state index contributed by atoms with van der Waals surface area (Å²) in [5.74, 6) is -0.373. The van der Waals surface area contributed by atoms with Gasteiger partial charge in [0.25, 0.3) is 5.56 Å². The number of pyridine rings is 1. The minimum atomic E-state index is -0.425. The van der Waals surface area contributed by atoms with Gasteiger partial charge in [0, 0.05) is 40.5 Å². The molecule has 0 saturated carbocycles. The molecule has 0 saturated heterocycles. The van der Waals surface area contributed by atoms with E-state index in [-0.39, 0.29) is 11.3 Å². The summed E-state index contributed by atoms with van der Waals surface area (Å²) < 4.78 is 0. The Labute approximate surface area is 221 Å². The monoisotopic (exact) mass is 509 g/mol. The number of hydrogen-bond donors (Lipinski definition) is 3. The van der Waals surface area contributed by atoms with E-state index in [0.717, 1.165) is 40.6 Å². The van der Waals surface area contributed by atoms with Crippen LogP contribution in [0.25, 0.3) is 22.6 Å². The molecule has 1 aromatic heterocycles. The summed E-state index contributed by atoms with van der Waals surface area (Å²) in [5, 5.41) is 12.1. The first-order chi connectivity index (χ1) is 18.0. The van der Waals surface area contributed by atoms with Crippen molar-refractivity contribution in [1.82, 2.24) is 10.3 Å². The van der Waals surface area contributed by atoms with Gasteiger partial charge in [0.1, 0.15) is 0 Å². The molecule has 0 aliphatic carbocycles. The predicted octanol–water partition coefficient (Wildman–Crippen LogP) is 6.66. The normalized spacial score (nSPS) is 11.7. The number of benzene rings is 3. The number of fused-ring (bicyclic) bond motifs is 1. The fraction of sp³-hybridized carbons (Fsp3) is 0.129. The van der Waals surface area contributed by atoms with E-state index in [2.05, 4.69) is 17.2 Å². The summed E-state index contributed by atoms with van der Waals surface area (Å²) in [6.45, 7) is 2.92. The molecule has 1 heterocycles. The lowest BCUT2D eigenvalue weighted by Gasteiger charge is -2.12. The first-order valence-electron chi connectivity index (χ1n) is 12.2. The maximum atomic E-state index is 13.4. The summed E-state index contributed by atoms with van der Waals surface area (Å²) in [4.78, 5) is 29.3. The van der Waals surface area contributed by atoms with Crippen LogP contribution < -0.4 is 10.9 Å². The van der Waals surface area contributed by atoms with Crippen molar-refractivity contribution < 1.29 is 4.79 Å². The maximum absolute atomic E-state index is 13.4. The Balaban J connectivity index is 1.67. The van der Waals surface area contributed by atoms with Crippen LogP contribution in [0, 0.1) is 5.41 Å². The lowest BCUT2D eigenvalue weighted by Crippen LogP contribution is -2.20. The largest absolute Gasteiger partial charge is 0.390 e. The molecule has 4 rings (SSSR count). The van der Waals surface area contributed by atoms with Crippen molar-refractivity contribution in [1.29, 1.82) is 5.41 Å². The van der Waals surface area contributed by atoms with Gasteiger partial charge in [-0.2, -0.15) is 0 Å². The smallest absolute Gasteiger partial charge is 0.259 e. The van der Waals surface area contributed by atoms with Crippen LogP contribution in [-0.4, -0.2) is 23.5 Å². The summed E-state index contributed by atoms with van der Waals surface area (Å²) in [6.07, 6.45) is 7.69. The highest BCUT2D eigenvalue weighted by molar-refractivity contribution is 6.31. The molecule has 0 radical (unpaired) electrons. The average molecular weight is 510 g/mol. The zero-order chi connectivity index (χ0) is 26.2. The number of ketones is 1. The van der Waals surface area contributed by atoms with Crippen molar-refractivity contribution in [3.05, 3.63) is 128 Å². The van der Waals surface area contributed by atoms with E-state index in [1.807, 2.05) is 60.8 Å². The fourth-order valence-corrected chi connectivity index (χ4v) is 4.32. The maximum Gasteiger partial charge on any atom is 0.259 e. The Kier molecular flexibility index (Phi) is 8.49. The van der Waals surface area contributed by atoms with Gasteiger partial charge in [0.2, 0.25) is 0 Å². The van der Waals surface area contributed by atoms with Crippen LogP contribution >= 0.6 is 11.6 Å². The number of aromatic amines is 1. The van der Waals surface area contributed by atoms with Crippen LogP contribution in [-0.2, 0) is 6.42 Å². The van der Waals surface area contributed by atoms with Crippen LogP contribution in [0.3, 0.4) is 0 Å².